The van der Waals surface area contributed by atoms with E-state index in [1.54, 1.807) is 0 Å². The highest BCUT2D eigenvalue weighted by Gasteiger charge is 2.18. The first kappa shape index (κ1) is 12.0. The molecule has 4 heteroatoms. The van der Waals surface area contributed by atoms with E-state index in [2.05, 4.69) is 33.2 Å². The summed E-state index contributed by atoms with van der Waals surface area (Å²) in [6.45, 7) is 1.72. The van der Waals surface area contributed by atoms with E-state index in [0.717, 1.165) is 19.1 Å². The quantitative estimate of drug-likeness (QED) is 0.760. The molecule has 0 aliphatic heterocycles. The Bertz CT molecular complexity index is 181. The van der Waals surface area contributed by atoms with E-state index in [0.29, 0.717) is 5.33 Å². The number of amides is 1. The highest BCUT2D eigenvalue weighted by Crippen LogP contribution is 2.21. The number of halogens is 1. The van der Waals surface area contributed by atoms with Gasteiger partial charge in [-0.15, -0.1) is 0 Å². The van der Waals surface area contributed by atoms with Crippen LogP contribution in [0.5, 0.6) is 0 Å². The molecule has 1 aliphatic rings. The van der Waals surface area contributed by atoms with Crippen molar-refractivity contribution in [2.75, 3.05) is 25.5 Å². The van der Waals surface area contributed by atoms with Gasteiger partial charge in [-0.3, -0.25) is 4.79 Å². The van der Waals surface area contributed by atoms with E-state index >= 15 is 0 Å². The monoisotopic (exact) mass is 262 g/mol. The lowest BCUT2D eigenvalue weighted by Crippen LogP contribution is -2.37. The number of likely N-dealkylation sites (N-methyl/N-ethyl adjacent to an activating group) is 1. The minimum atomic E-state index is 0.0739. The normalized spacial score (nSPS) is 17.6. The summed E-state index contributed by atoms with van der Waals surface area (Å²) < 4.78 is 0. The van der Waals surface area contributed by atoms with Gasteiger partial charge in [0.1, 0.15) is 0 Å². The molecule has 0 spiro atoms. The fraction of sp³-hybridized carbons (Fsp3) is 0.900. The predicted molar refractivity (Wildman–Crippen MR) is 61.7 cm³/mol. The van der Waals surface area contributed by atoms with Gasteiger partial charge in [0.05, 0.1) is 5.33 Å². The molecule has 0 heterocycles. The fourth-order valence-electron chi connectivity index (χ4n) is 1.95. The highest BCUT2D eigenvalue weighted by atomic mass is 79.9. The largest absolute Gasteiger partial charge is 0.354 e. The molecule has 0 aromatic carbocycles. The van der Waals surface area contributed by atoms with Crippen molar-refractivity contribution in [1.29, 1.82) is 0 Å². The van der Waals surface area contributed by atoms with Crippen LogP contribution >= 0.6 is 15.9 Å². The second kappa shape index (κ2) is 6.40. The van der Waals surface area contributed by atoms with Crippen LogP contribution < -0.4 is 5.32 Å². The zero-order valence-electron chi connectivity index (χ0n) is 8.76. The maximum Gasteiger partial charge on any atom is 0.230 e. The van der Waals surface area contributed by atoms with Crippen LogP contribution in [0.25, 0.3) is 0 Å². The molecule has 3 nitrogen and oxygen atoms in total. The van der Waals surface area contributed by atoms with Crippen LogP contribution in [0, 0.1) is 0 Å². The fourth-order valence-corrected chi connectivity index (χ4v) is 2.14. The van der Waals surface area contributed by atoms with E-state index in [9.17, 15) is 4.79 Å². The van der Waals surface area contributed by atoms with Crippen molar-refractivity contribution in [3.05, 3.63) is 0 Å². The maximum absolute atomic E-state index is 10.9. The summed E-state index contributed by atoms with van der Waals surface area (Å²) >= 11 is 3.12. The van der Waals surface area contributed by atoms with E-state index in [1.807, 2.05) is 0 Å². The van der Waals surface area contributed by atoms with Crippen molar-refractivity contribution in [2.45, 2.75) is 31.7 Å². The first-order valence-corrected chi connectivity index (χ1v) is 6.39. The average Bonchev–Trinajstić information content (AvgIpc) is 2.70. The van der Waals surface area contributed by atoms with Gasteiger partial charge in [0.2, 0.25) is 5.91 Å². The molecule has 14 heavy (non-hydrogen) atoms. The third-order valence-electron chi connectivity index (χ3n) is 2.86. The van der Waals surface area contributed by atoms with Gasteiger partial charge in [-0.05, 0) is 19.9 Å². The zero-order chi connectivity index (χ0) is 10.4. The molecule has 1 N–H and O–H groups in total. The van der Waals surface area contributed by atoms with Gasteiger partial charge < -0.3 is 10.2 Å². The lowest BCUT2D eigenvalue weighted by Gasteiger charge is -2.23. The first-order chi connectivity index (χ1) is 6.74. The molecule has 0 unspecified atom stereocenters. The van der Waals surface area contributed by atoms with Gasteiger partial charge in [0.25, 0.3) is 0 Å². The molecule has 1 aliphatic carbocycles. The molecule has 1 rings (SSSR count). The number of rotatable bonds is 5. The molecule has 0 aromatic heterocycles. The summed E-state index contributed by atoms with van der Waals surface area (Å²) in [4.78, 5) is 13.3. The summed E-state index contributed by atoms with van der Waals surface area (Å²) in [5.74, 6) is 0.0739. The Labute approximate surface area is 94.4 Å². The predicted octanol–water partition coefficient (Wildman–Crippen LogP) is 1.37. The Kier molecular flexibility index (Phi) is 5.48. The molecule has 0 radical (unpaired) electrons. The minimum Gasteiger partial charge on any atom is -0.354 e. The molecular weight excluding hydrogens is 244 g/mol. The Morgan fingerprint density at radius 2 is 2.14 bits per heavy atom. The SMILES string of the molecule is CN(CCNC(=O)CBr)C1CCCC1. The number of hydrogen-bond donors (Lipinski definition) is 1. The molecule has 0 saturated heterocycles. The Balaban J connectivity index is 2.08. The molecule has 1 fully saturated rings. The maximum atomic E-state index is 10.9. The number of nitrogens with one attached hydrogen (secondary N) is 1. The summed E-state index contributed by atoms with van der Waals surface area (Å²) in [6, 6.07) is 0.746. The standard InChI is InChI=1S/C10H19BrN2O/c1-13(9-4-2-3-5-9)7-6-12-10(14)8-11/h9H,2-8H2,1H3,(H,12,14). The van der Waals surface area contributed by atoms with Crippen molar-refractivity contribution in [1.82, 2.24) is 10.2 Å². The van der Waals surface area contributed by atoms with Gasteiger partial charge in [0, 0.05) is 19.1 Å². The van der Waals surface area contributed by atoms with Crippen LogP contribution in [0.4, 0.5) is 0 Å². The smallest absolute Gasteiger partial charge is 0.230 e. The van der Waals surface area contributed by atoms with Crippen LogP contribution in [-0.2, 0) is 4.79 Å². The Hall–Kier alpha value is -0.0900. The van der Waals surface area contributed by atoms with Crippen molar-refractivity contribution in [3.8, 4) is 0 Å². The molecule has 0 bridgehead atoms. The van der Waals surface area contributed by atoms with Gasteiger partial charge >= 0.3 is 0 Å². The second-order valence-corrected chi connectivity index (χ2v) is 4.46. The lowest BCUT2D eigenvalue weighted by atomic mass is 10.2. The number of carbonyl (C=O) groups excluding carboxylic acids is 1. The van der Waals surface area contributed by atoms with Crippen LogP contribution in [0.15, 0.2) is 0 Å². The van der Waals surface area contributed by atoms with Gasteiger partial charge in [0.15, 0.2) is 0 Å². The molecule has 1 saturated carbocycles. The third-order valence-corrected chi connectivity index (χ3v) is 3.37. The van der Waals surface area contributed by atoms with E-state index < -0.39 is 0 Å². The van der Waals surface area contributed by atoms with Crippen LogP contribution in [0.3, 0.4) is 0 Å². The highest BCUT2D eigenvalue weighted by molar-refractivity contribution is 9.09. The van der Waals surface area contributed by atoms with Crippen LogP contribution in [0.1, 0.15) is 25.7 Å². The average molecular weight is 263 g/mol. The molecule has 82 valence electrons. The van der Waals surface area contributed by atoms with E-state index in [-0.39, 0.29) is 5.91 Å². The number of nitrogens with zero attached hydrogens (tertiary/aromatic N) is 1. The summed E-state index contributed by atoms with van der Waals surface area (Å²) in [6.07, 6.45) is 5.37. The summed E-state index contributed by atoms with van der Waals surface area (Å²) in [5.41, 5.74) is 0. The lowest BCUT2D eigenvalue weighted by molar-refractivity contribution is -0.118. The van der Waals surface area contributed by atoms with Gasteiger partial charge in [-0.1, -0.05) is 28.8 Å². The summed E-state index contributed by atoms with van der Waals surface area (Å²) in [7, 11) is 2.15. The molecular formula is C10H19BrN2O. The second-order valence-electron chi connectivity index (χ2n) is 3.90. The van der Waals surface area contributed by atoms with Gasteiger partial charge in [-0.2, -0.15) is 0 Å². The van der Waals surface area contributed by atoms with Gasteiger partial charge in [-0.25, -0.2) is 0 Å². The van der Waals surface area contributed by atoms with Crippen molar-refractivity contribution in [3.63, 3.8) is 0 Å². The number of alkyl halides is 1. The third kappa shape index (κ3) is 3.96. The van der Waals surface area contributed by atoms with Crippen molar-refractivity contribution < 1.29 is 4.79 Å². The number of hydrogen-bond acceptors (Lipinski definition) is 2. The Morgan fingerprint density at radius 1 is 1.50 bits per heavy atom. The first-order valence-electron chi connectivity index (χ1n) is 5.27. The van der Waals surface area contributed by atoms with Crippen molar-refractivity contribution in [2.24, 2.45) is 0 Å². The molecule has 0 atom stereocenters. The van der Waals surface area contributed by atoms with Crippen molar-refractivity contribution >= 4 is 21.8 Å². The Morgan fingerprint density at radius 3 is 2.71 bits per heavy atom. The molecule has 0 aromatic rings. The van der Waals surface area contributed by atoms with Crippen LogP contribution in [-0.4, -0.2) is 42.3 Å². The minimum absolute atomic E-state index is 0.0739. The molecule has 1 amide bonds. The van der Waals surface area contributed by atoms with E-state index in [1.165, 1.54) is 25.7 Å². The summed E-state index contributed by atoms with van der Waals surface area (Å²) in [5, 5.41) is 3.26. The topological polar surface area (TPSA) is 32.3 Å². The van der Waals surface area contributed by atoms with E-state index in [4.69, 9.17) is 0 Å². The van der Waals surface area contributed by atoms with Crippen LogP contribution in [0.2, 0.25) is 0 Å². The number of carbonyl (C=O) groups is 1. The zero-order valence-corrected chi connectivity index (χ0v) is 10.3.